The van der Waals surface area contributed by atoms with Gasteiger partial charge in [0.1, 0.15) is 27.2 Å². The minimum absolute atomic E-state index is 0. The Kier molecular flexibility index (Phi) is 28.3. The van der Waals surface area contributed by atoms with Crippen molar-refractivity contribution in [2.45, 2.75) is 188 Å². The summed E-state index contributed by atoms with van der Waals surface area (Å²) in [6.07, 6.45) is 11.7. The molecule has 9 heteroatoms. The molecule has 1 aromatic heterocycles. The fourth-order valence-electron chi connectivity index (χ4n) is 10.6. The fraction of sp³-hybridized carbons (Fsp3) is 0.593. The predicted octanol–water partition coefficient (Wildman–Crippen LogP) is 16.1. The fourth-order valence-corrected chi connectivity index (χ4v) is 21.0. The molecular formula is C59H88Li2N2O3Si2. The Hall–Kier alpha value is -2.37. The number of fused-ring (bicyclic) bond motifs is 4. The average molecular weight is 943 g/mol. The quantitative estimate of drug-likeness (QED) is 0.0881. The molecule has 8 rings (SSSR count). The Morgan fingerprint density at radius 1 is 0.456 bits per heavy atom. The molecule has 3 saturated heterocycles. The second kappa shape index (κ2) is 31.2. The number of aromatic nitrogens is 2. The van der Waals surface area contributed by atoms with Crippen molar-refractivity contribution in [2.24, 2.45) is 0 Å². The second-order valence-electron chi connectivity index (χ2n) is 20.5. The molecule has 0 spiro atoms. The smallest absolute Gasteiger partial charge is 0.146 e. The molecule has 4 heterocycles. The van der Waals surface area contributed by atoms with Crippen LogP contribution in [0.3, 0.4) is 0 Å². The van der Waals surface area contributed by atoms with Gasteiger partial charge >= 0.3 is 0 Å². The maximum Gasteiger partial charge on any atom is 0.146 e. The van der Waals surface area contributed by atoms with Crippen molar-refractivity contribution in [2.75, 3.05) is 39.6 Å². The Labute approximate surface area is 441 Å². The van der Waals surface area contributed by atoms with Crippen LogP contribution in [0.15, 0.2) is 60.7 Å². The zero-order valence-electron chi connectivity index (χ0n) is 46.0. The molecule has 0 atom stereocenters. The number of hydrogen-bond acceptors (Lipinski definition) is 5. The summed E-state index contributed by atoms with van der Waals surface area (Å²) in [7, 11) is -4.00. The van der Waals surface area contributed by atoms with Gasteiger partial charge in [-0.15, -0.1) is 11.1 Å². The molecule has 0 N–H and O–H groups in total. The van der Waals surface area contributed by atoms with Gasteiger partial charge in [0.15, 0.2) is 0 Å². The van der Waals surface area contributed by atoms with Crippen LogP contribution in [-0.4, -0.2) is 103 Å². The average Bonchev–Trinajstić information content (AvgIpc) is 4.15. The minimum atomic E-state index is -2.00. The maximum absolute atomic E-state index is 5.42. The third-order valence-electron chi connectivity index (χ3n) is 14.2. The van der Waals surface area contributed by atoms with Gasteiger partial charge in [-0.05, 0) is 94.7 Å². The van der Waals surface area contributed by atoms with Crippen molar-refractivity contribution in [3.05, 3.63) is 71.8 Å². The molecule has 5 aromatic rings. The summed E-state index contributed by atoms with van der Waals surface area (Å²) < 4.78 is 14.8. The van der Waals surface area contributed by atoms with Crippen LogP contribution >= 0.6 is 0 Å². The van der Waals surface area contributed by atoms with Gasteiger partial charge in [0.05, 0.1) is 22.2 Å². The van der Waals surface area contributed by atoms with Crippen LogP contribution < -0.4 is 0 Å². The predicted molar refractivity (Wildman–Crippen MR) is 305 cm³/mol. The zero-order valence-corrected chi connectivity index (χ0v) is 48.0. The van der Waals surface area contributed by atoms with E-state index in [0.717, 1.165) is 83.6 Å². The summed E-state index contributed by atoms with van der Waals surface area (Å²) in [6.45, 7) is 39.0. The molecule has 3 fully saturated rings. The van der Waals surface area contributed by atoms with E-state index in [0.29, 0.717) is 33.2 Å². The first-order valence-electron chi connectivity index (χ1n) is 26.0. The van der Waals surface area contributed by atoms with E-state index in [4.69, 9.17) is 24.2 Å². The zero-order chi connectivity index (χ0) is 48.3. The standard InChI is InChI=1S/C42H52N2Si2.C5H12.3C4H8O.2Li/c1-27(2)45(28(3)4,29(5)6)23-21-37-35-19-15-16-20-36(35)38(22-24-46(30(7)8,31(9)10)32(11)12)42-41(37)43-39-25-33-17-13-14-18-34(33)26-40(39)44-42;1-3-5-4-2;3*1-2-4-5-3-1;;/h13-20,25-32H,1-12H3;3-5H2,1-2H3;3*1-4H2;;. The molecule has 3 aliphatic heterocycles. The van der Waals surface area contributed by atoms with Crippen molar-refractivity contribution >= 4 is 97.5 Å². The van der Waals surface area contributed by atoms with E-state index in [-0.39, 0.29) is 37.7 Å². The van der Waals surface area contributed by atoms with E-state index in [1.807, 2.05) is 0 Å². The summed E-state index contributed by atoms with van der Waals surface area (Å²) in [4.78, 5) is 10.8. The first-order chi connectivity index (χ1) is 31.7. The van der Waals surface area contributed by atoms with Gasteiger partial charge in [0.25, 0.3) is 0 Å². The summed E-state index contributed by atoms with van der Waals surface area (Å²) in [5.41, 5.74) is 16.9. The minimum Gasteiger partial charge on any atom is -0.381 e. The number of benzene rings is 4. The van der Waals surface area contributed by atoms with Crippen molar-refractivity contribution in [1.82, 2.24) is 9.97 Å². The van der Waals surface area contributed by atoms with Crippen LogP contribution in [0.4, 0.5) is 0 Å². The normalized spacial score (nSPS) is 14.5. The van der Waals surface area contributed by atoms with E-state index in [1.54, 1.807) is 0 Å². The van der Waals surface area contributed by atoms with Gasteiger partial charge in [0, 0.05) is 88.1 Å². The topological polar surface area (TPSA) is 53.5 Å². The Balaban J connectivity index is 0.000000592. The summed E-state index contributed by atoms with van der Waals surface area (Å²) in [6, 6.07) is 21.5. The van der Waals surface area contributed by atoms with E-state index in [1.165, 1.54) is 68.6 Å². The van der Waals surface area contributed by atoms with Crippen LogP contribution in [-0.2, 0) is 14.2 Å². The third-order valence-corrected chi connectivity index (χ3v) is 26.8. The number of ether oxygens (including phenoxy) is 3. The summed E-state index contributed by atoms with van der Waals surface area (Å²) >= 11 is 0. The number of hydrogen-bond donors (Lipinski definition) is 0. The first kappa shape index (κ1) is 61.7. The van der Waals surface area contributed by atoms with Crippen LogP contribution in [0.2, 0.25) is 33.2 Å². The van der Waals surface area contributed by atoms with Crippen LogP contribution in [0, 0.1) is 22.9 Å². The van der Waals surface area contributed by atoms with E-state index >= 15 is 0 Å². The molecule has 2 radical (unpaired) electrons. The molecule has 362 valence electrons. The van der Waals surface area contributed by atoms with Gasteiger partial charge in [-0.2, -0.15) is 0 Å². The second-order valence-corrected chi connectivity index (χ2v) is 31.7. The van der Waals surface area contributed by atoms with Crippen LogP contribution in [0.1, 0.15) is 166 Å². The molecular weight excluding hydrogens is 855 g/mol. The van der Waals surface area contributed by atoms with Crippen molar-refractivity contribution in [3.63, 3.8) is 0 Å². The Morgan fingerprint density at radius 2 is 0.735 bits per heavy atom. The van der Waals surface area contributed by atoms with Gasteiger partial charge in [-0.3, -0.25) is 0 Å². The molecule has 0 bridgehead atoms. The molecule has 68 heavy (non-hydrogen) atoms. The van der Waals surface area contributed by atoms with E-state index < -0.39 is 16.1 Å². The third kappa shape index (κ3) is 16.1. The van der Waals surface area contributed by atoms with Crippen LogP contribution in [0.25, 0.3) is 43.6 Å². The van der Waals surface area contributed by atoms with Crippen molar-refractivity contribution in [1.29, 1.82) is 0 Å². The molecule has 0 saturated carbocycles. The van der Waals surface area contributed by atoms with Gasteiger partial charge in [0.2, 0.25) is 0 Å². The first-order valence-corrected chi connectivity index (χ1v) is 30.5. The maximum atomic E-state index is 5.42. The van der Waals surface area contributed by atoms with Crippen molar-refractivity contribution in [3.8, 4) is 22.9 Å². The Bertz CT molecular complexity index is 2140. The largest absolute Gasteiger partial charge is 0.381 e. The molecule has 0 unspecified atom stereocenters. The SMILES string of the molecule is C1CCOC1.C1CCOC1.C1CCOC1.CC(C)[Si](C#Cc1c2ccccc2c(C#C[Si](C(C)C)(C(C)C)C(C)C)c2nc3cc4ccccc4cc3nc12)(C(C)C)C(C)C.CCCCC.[Li].[Li]. The molecule has 5 nitrogen and oxygen atoms in total. The summed E-state index contributed by atoms with van der Waals surface area (Å²) in [5, 5.41) is 4.60. The molecule has 0 aliphatic carbocycles. The summed E-state index contributed by atoms with van der Waals surface area (Å²) in [5.74, 6) is 7.68. The van der Waals surface area contributed by atoms with Gasteiger partial charge in [-0.1, -0.05) is 177 Å². The molecule has 0 amide bonds. The molecule has 3 aliphatic rings. The van der Waals surface area contributed by atoms with Crippen LogP contribution in [0.5, 0.6) is 0 Å². The van der Waals surface area contributed by atoms with E-state index in [2.05, 4.69) is 181 Å². The number of unbranched alkanes of at least 4 members (excludes halogenated alkanes) is 2. The number of rotatable bonds is 8. The van der Waals surface area contributed by atoms with Crippen molar-refractivity contribution < 1.29 is 14.2 Å². The van der Waals surface area contributed by atoms with Gasteiger partial charge < -0.3 is 14.2 Å². The monoisotopic (exact) mass is 943 g/mol. The van der Waals surface area contributed by atoms with E-state index in [9.17, 15) is 0 Å². The molecule has 4 aromatic carbocycles. The Morgan fingerprint density at radius 3 is 0.956 bits per heavy atom. The van der Waals surface area contributed by atoms with Gasteiger partial charge in [-0.25, -0.2) is 9.97 Å². The number of nitrogens with zero attached hydrogens (tertiary/aromatic N) is 2.